The molecule has 0 radical (unpaired) electrons. The highest BCUT2D eigenvalue weighted by atomic mass is 79.9. The minimum absolute atomic E-state index is 0.190. The summed E-state index contributed by atoms with van der Waals surface area (Å²) in [6.45, 7) is 0. The van der Waals surface area contributed by atoms with E-state index in [1.807, 2.05) is 109 Å². The van der Waals surface area contributed by atoms with Crippen LogP contribution in [0.2, 0.25) is 5.02 Å². The van der Waals surface area contributed by atoms with Crippen LogP contribution in [0.1, 0.15) is 33.9 Å². The summed E-state index contributed by atoms with van der Waals surface area (Å²) < 4.78 is 6.34. The van der Waals surface area contributed by atoms with Gasteiger partial charge in [0.2, 0.25) is 5.95 Å². The fourth-order valence-corrected chi connectivity index (χ4v) is 5.97. The topological polar surface area (TPSA) is 79.7 Å². The van der Waals surface area contributed by atoms with Gasteiger partial charge in [0.25, 0.3) is 5.91 Å². The van der Waals surface area contributed by atoms with Gasteiger partial charge in [0.15, 0.2) is 0 Å². The Kier molecular flexibility index (Phi) is 8.22. The Morgan fingerprint density at radius 2 is 1.61 bits per heavy atom. The second kappa shape index (κ2) is 12.7. The zero-order chi connectivity index (χ0) is 31.6. The predicted octanol–water partition coefficient (Wildman–Crippen LogP) is 9.46. The van der Waals surface area contributed by atoms with Crippen LogP contribution < -0.4 is 10.1 Å². The monoisotopic (exact) mass is 687 g/mol. The number of hydrazone groups is 1. The summed E-state index contributed by atoms with van der Waals surface area (Å²) in [6.07, 6.45) is 0.591. The lowest BCUT2D eigenvalue weighted by molar-refractivity contribution is 0.0711. The van der Waals surface area contributed by atoms with Crippen molar-refractivity contribution < 1.29 is 9.53 Å². The minimum Gasteiger partial charge on any atom is -0.497 e. The van der Waals surface area contributed by atoms with Crippen molar-refractivity contribution in [2.45, 2.75) is 12.5 Å². The van der Waals surface area contributed by atoms with Gasteiger partial charge in [0.1, 0.15) is 5.75 Å². The smallest absolute Gasteiger partial charge is 0.274 e. The van der Waals surface area contributed by atoms with Gasteiger partial charge < -0.3 is 10.1 Å². The van der Waals surface area contributed by atoms with Crippen LogP contribution >= 0.6 is 27.5 Å². The zero-order valence-corrected chi connectivity index (χ0v) is 27.0. The van der Waals surface area contributed by atoms with Gasteiger partial charge in [-0.2, -0.15) is 5.10 Å². The third kappa shape index (κ3) is 6.09. The van der Waals surface area contributed by atoms with Crippen molar-refractivity contribution in [2.24, 2.45) is 5.10 Å². The maximum absolute atomic E-state index is 14.0. The van der Waals surface area contributed by atoms with Crippen molar-refractivity contribution in [3.8, 4) is 17.0 Å². The van der Waals surface area contributed by atoms with Gasteiger partial charge in [-0.25, -0.2) is 15.0 Å². The molecular formula is C37H27BrClN5O2. The van der Waals surface area contributed by atoms with Gasteiger partial charge in [0.05, 0.1) is 30.1 Å². The summed E-state index contributed by atoms with van der Waals surface area (Å²) in [4.78, 5) is 23.5. The van der Waals surface area contributed by atoms with Crippen LogP contribution in [-0.2, 0) is 0 Å². The summed E-state index contributed by atoms with van der Waals surface area (Å²) >= 11 is 9.82. The standard InChI is InChI=1S/C37H27BrClN5O2/c1-46-30-18-11-24(12-19-30)34-22-33(23-7-13-27(38)14-8-23)43-44(34)36(45)26-9-16-29(17-10-26)40-37-41-32-20-15-28(39)21-31(32)35(42-37)25-5-3-2-4-6-25/h2-21,34H,22H2,1H3,(H,40,41,42)/t34-/m1/s1. The third-order valence-electron chi connectivity index (χ3n) is 7.89. The molecular weight excluding hydrogens is 662 g/mol. The number of hydrogen-bond donors (Lipinski definition) is 1. The molecule has 0 unspecified atom stereocenters. The van der Waals surface area contributed by atoms with Crippen molar-refractivity contribution in [3.63, 3.8) is 0 Å². The minimum atomic E-state index is -0.259. The molecule has 1 N–H and O–H groups in total. The van der Waals surface area contributed by atoms with Gasteiger partial charge in [-0.15, -0.1) is 0 Å². The van der Waals surface area contributed by atoms with E-state index in [2.05, 4.69) is 21.2 Å². The Morgan fingerprint density at radius 3 is 2.33 bits per heavy atom. The van der Waals surface area contributed by atoms with E-state index in [9.17, 15) is 4.79 Å². The van der Waals surface area contributed by atoms with E-state index >= 15 is 0 Å². The molecule has 1 aliphatic rings. The van der Waals surface area contributed by atoms with Gasteiger partial charge in [-0.1, -0.05) is 82.1 Å². The van der Waals surface area contributed by atoms with Crippen LogP contribution in [0.3, 0.4) is 0 Å². The lowest BCUT2D eigenvalue weighted by Crippen LogP contribution is -2.27. The summed E-state index contributed by atoms with van der Waals surface area (Å²) in [5, 5.41) is 11.2. The number of nitrogens with one attached hydrogen (secondary N) is 1. The molecule has 0 saturated carbocycles. The molecule has 226 valence electrons. The van der Waals surface area contributed by atoms with Crippen molar-refractivity contribution in [1.82, 2.24) is 15.0 Å². The molecule has 1 atom stereocenters. The van der Waals surface area contributed by atoms with Crippen LogP contribution in [-0.4, -0.2) is 33.7 Å². The van der Waals surface area contributed by atoms with E-state index in [4.69, 9.17) is 31.4 Å². The number of halogens is 2. The lowest BCUT2D eigenvalue weighted by Gasteiger charge is -2.22. The summed E-state index contributed by atoms with van der Waals surface area (Å²) in [5.41, 5.74) is 6.58. The molecule has 5 aromatic carbocycles. The summed E-state index contributed by atoms with van der Waals surface area (Å²) in [7, 11) is 1.64. The molecule has 1 aliphatic heterocycles. The van der Waals surface area contributed by atoms with E-state index < -0.39 is 0 Å². The molecule has 1 aromatic heterocycles. The van der Waals surface area contributed by atoms with Crippen molar-refractivity contribution in [1.29, 1.82) is 0 Å². The molecule has 2 heterocycles. The normalized spacial score (nSPS) is 14.3. The zero-order valence-electron chi connectivity index (χ0n) is 24.7. The lowest BCUT2D eigenvalue weighted by atomic mass is 9.98. The van der Waals surface area contributed by atoms with E-state index in [-0.39, 0.29) is 11.9 Å². The number of anilines is 2. The first-order valence-electron chi connectivity index (χ1n) is 14.7. The number of hydrogen-bond acceptors (Lipinski definition) is 6. The van der Waals surface area contributed by atoms with Crippen molar-refractivity contribution >= 4 is 61.7 Å². The summed E-state index contributed by atoms with van der Waals surface area (Å²) in [5.74, 6) is 1.01. The van der Waals surface area contributed by atoms with Crippen molar-refractivity contribution in [3.05, 3.63) is 148 Å². The van der Waals surface area contributed by atoms with E-state index in [1.165, 1.54) is 0 Å². The average molecular weight is 689 g/mol. The molecule has 0 fully saturated rings. The molecule has 0 saturated heterocycles. The number of aromatic nitrogens is 2. The highest BCUT2D eigenvalue weighted by molar-refractivity contribution is 9.10. The van der Waals surface area contributed by atoms with Crippen LogP contribution in [0.4, 0.5) is 11.6 Å². The molecule has 0 spiro atoms. The molecule has 6 aromatic rings. The maximum Gasteiger partial charge on any atom is 0.274 e. The number of methoxy groups -OCH3 is 1. The maximum atomic E-state index is 14.0. The highest BCUT2D eigenvalue weighted by Crippen LogP contribution is 2.35. The van der Waals surface area contributed by atoms with E-state index in [1.54, 1.807) is 24.3 Å². The van der Waals surface area contributed by atoms with E-state index in [0.717, 1.165) is 54.9 Å². The Morgan fingerprint density at radius 1 is 0.870 bits per heavy atom. The van der Waals surface area contributed by atoms with Gasteiger partial charge in [-0.05, 0) is 77.9 Å². The fraction of sp³-hybridized carbons (Fsp3) is 0.0811. The highest BCUT2D eigenvalue weighted by Gasteiger charge is 2.33. The number of ether oxygens (including phenoxy) is 1. The number of benzene rings is 5. The fourth-order valence-electron chi connectivity index (χ4n) is 5.53. The second-order valence-electron chi connectivity index (χ2n) is 10.8. The Bertz CT molecular complexity index is 2070. The summed E-state index contributed by atoms with van der Waals surface area (Å²) in [6, 6.07) is 38.3. The quantitative estimate of drug-likeness (QED) is 0.181. The Labute approximate surface area is 279 Å². The second-order valence-corrected chi connectivity index (χ2v) is 12.2. The van der Waals surface area contributed by atoms with Crippen molar-refractivity contribution in [2.75, 3.05) is 12.4 Å². The van der Waals surface area contributed by atoms with Crippen LogP contribution in [0.5, 0.6) is 5.75 Å². The third-order valence-corrected chi connectivity index (χ3v) is 8.65. The number of nitrogens with zero attached hydrogens (tertiary/aromatic N) is 4. The van der Waals surface area contributed by atoms with Crippen LogP contribution in [0.15, 0.2) is 131 Å². The first-order valence-corrected chi connectivity index (χ1v) is 15.8. The Balaban J connectivity index is 1.17. The predicted molar refractivity (Wildman–Crippen MR) is 187 cm³/mol. The van der Waals surface area contributed by atoms with Crippen LogP contribution in [0.25, 0.3) is 22.2 Å². The molecule has 9 heteroatoms. The number of fused-ring (bicyclic) bond motifs is 1. The molecule has 7 nitrogen and oxygen atoms in total. The van der Waals surface area contributed by atoms with Gasteiger partial charge >= 0.3 is 0 Å². The number of carbonyl (C=O) groups excluding carboxylic acids is 1. The van der Waals surface area contributed by atoms with Gasteiger partial charge in [0, 0.05) is 38.1 Å². The van der Waals surface area contributed by atoms with E-state index in [0.29, 0.717) is 23.0 Å². The first kappa shape index (κ1) is 29.6. The number of rotatable bonds is 7. The average Bonchev–Trinajstić information content (AvgIpc) is 3.54. The molecule has 7 rings (SSSR count). The molecule has 0 aliphatic carbocycles. The molecule has 1 amide bonds. The SMILES string of the molecule is COc1ccc([C@H]2CC(c3ccc(Br)cc3)=NN2C(=O)c2ccc(Nc3nc(-c4ccccc4)c4cc(Cl)ccc4n3)cc2)cc1. The van der Waals surface area contributed by atoms with Gasteiger partial charge in [-0.3, -0.25) is 4.79 Å². The number of carbonyl (C=O) groups is 1. The number of amides is 1. The first-order chi connectivity index (χ1) is 22.4. The molecule has 0 bridgehead atoms. The molecule has 46 heavy (non-hydrogen) atoms. The van der Waals surface area contributed by atoms with Crippen LogP contribution in [0, 0.1) is 0 Å². The largest absolute Gasteiger partial charge is 0.497 e. The Hall–Kier alpha value is -5.05.